The van der Waals surface area contributed by atoms with Gasteiger partial charge in [0.05, 0.1) is 6.04 Å². The quantitative estimate of drug-likeness (QED) is 0.492. The van der Waals surface area contributed by atoms with Gasteiger partial charge in [-0.3, -0.25) is 9.59 Å². The third-order valence-electron chi connectivity index (χ3n) is 4.93. The molecule has 3 atom stereocenters. The molecule has 0 saturated heterocycles. The van der Waals surface area contributed by atoms with Crippen LogP contribution in [-0.4, -0.2) is 28.9 Å². The fraction of sp³-hybridized carbons (Fsp3) is 0.381. The highest BCUT2D eigenvalue weighted by Gasteiger charge is 2.26. The van der Waals surface area contributed by atoms with Crippen molar-refractivity contribution in [3.05, 3.63) is 59.3 Å². The Labute approximate surface area is 174 Å². The molecular weight excluding hydrogens is 392 g/mol. The van der Waals surface area contributed by atoms with Gasteiger partial charge in [-0.05, 0) is 35.2 Å². The molecule has 1 aromatic heterocycles. The zero-order valence-electron chi connectivity index (χ0n) is 17.0. The van der Waals surface area contributed by atoms with Crippen LogP contribution in [0.25, 0.3) is 0 Å². The lowest BCUT2D eigenvalue weighted by Crippen LogP contribution is -2.53. The highest BCUT2D eigenvalue weighted by atomic mass is 19.2. The fourth-order valence-corrected chi connectivity index (χ4v) is 2.74. The van der Waals surface area contributed by atoms with Crippen LogP contribution < -0.4 is 22.1 Å². The van der Waals surface area contributed by atoms with E-state index in [1.165, 1.54) is 12.3 Å². The van der Waals surface area contributed by atoms with Crippen LogP contribution in [0.5, 0.6) is 0 Å². The maximum atomic E-state index is 13.6. The molecule has 0 bridgehead atoms. The summed E-state index contributed by atoms with van der Waals surface area (Å²) >= 11 is 0. The molecule has 0 saturated carbocycles. The van der Waals surface area contributed by atoms with E-state index in [2.05, 4.69) is 15.6 Å². The van der Waals surface area contributed by atoms with Crippen LogP contribution in [-0.2, 0) is 22.6 Å². The number of nitrogens with two attached hydrogens (primary N) is 2. The van der Waals surface area contributed by atoms with Crippen molar-refractivity contribution in [2.75, 3.05) is 5.73 Å². The van der Waals surface area contributed by atoms with Gasteiger partial charge in [-0.15, -0.1) is 0 Å². The van der Waals surface area contributed by atoms with Crippen molar-refractivity contribution < 1.29 is 18.4 Å². The van der Waals surface area contributed by atoms with Gasteiger partial charge in [0.25, 0.3) is 0 Å². The Morgan fingerprint density at radius 3 is 2.40 bits per heavy atom. The van der Waals surface area contributed by atoms with Crippen LogP contribution in [0.4, 0.5) is 14.6 Å². The van der Waals surface area contributed by atoms with Gasteiger partial charge in [0.15, 0.2) is 11.6 Å². The summed E-state index contributed by atoms with van der Waals surface area (Å²) in [5, 5.41) is 5.34. The normalized spacial score (nSPS) is 13.9. The Hall–Kier alpha value is -3.07. The number of pyridine rings is 1. The highest BCUT2D eigenvalue weighted by molar-refractivity contribution is 5.90. The standard InChI is InChI=1S/C21H27F2N5O2/c1-3-12(2)19(25)21(30)28-17(9-13-4-6-15(22)16(23)8-13)20(29)27-11-14-5-7-18(24)26-10-14/h4-8,10,12,17,19H,3,9,11,25H2,1-2H3,(H2,24,26)(H,27,29)(H,28,30)/t12?,17-,19-/m0/s1. The average molecular weight is 419 g/mol. The van der Waals surface area contributed by atoms with Crippen LogP contribution in [0, 0.1) is 17.6 Å². The number of rotatable bonds is 9. The molecule has 30 heavy (non-hydrogen) atoms. The van der Waals surface area contributed by atoms with E-state index in [1.807, 2.05) is 13.8 Å². The molecule has 1 aromatic carbocycles. The van der Waals surface area contributed by atoms with Gasteiger partial charge in [0, 0.05) is 19.2 Å². The van der Waals surface area contributed by atoms with Gasteiger partial charge in [-0.2, -0.15) is 0 Å². The number of carbonyl (C=O) groups excluding carboxylic acids is 2. The first-order valence-electron chi connectivity index (χ1n) is 9.69. The molecule has 2 amide bonds. The van der Waals surface area contributed by atoms with Crippen LogP contribution in [0.3, 0.4) is 0 Å². The summed E-state index contributed by atoms with van der Waals surface area (Å²) in [6, 6.07) is 4.85. The van der Waals surface area contributed by atoms with Crippen LogP contribution in [0.1, 0.15) is 31.4 Å². The molecule has 0 aliphatic heterocycles. The molecule has 1 unspecified atom stereocenters. The van der Waals surface area contributed by atoms with Crippen LogP contribution >= 0.6 is 0 Å². The van der Waals surface area contributed by atoms with Crippen molar-refractivity contribution in [3.8, 4) is 0 Å². The minimum absolute atomic E-state index is 0.0258. The Kier molecular flexibility index (Phi) is 8.23. The molecule has 7 nitrogen and oxygen atoms in total. The summed E-state index contributed by atoms with van der Waals surface area (Å²) in [5.74, 6) is -2.71. The molecule has 9 heteroatoms. The lowest BCUT2D eigenvalue weighted by Gasteiger charge is -2.23. The number of halogens is 2. The van der Waals surface area contributed by atoms with Gasteiger partial charge in [-0.1, -0.05) is 32.4 Å². The number of nitrogens with one attached hydrogen (secondary N) is 2. The third kappa shape index (κ3) is 6.48. The van der Waals surface area contributed by atoms with E-state index in [4.69, 9.17) is 11.5 Å². The first-order chi connectivity index (χ1) is 14.2. The number of benzene rings is 1. The molecule has 2 rings (SSSR count). The van der Waals surface area contributed by atoms with Crippen molar-refractivity contribution in [3.63, 3.8) is 0 Å². The Morgan fingerprint density at radius 2 is 1.80 bits per heavy atom. The summed E-state index contributed by atoms with van der Waals surface area (Å²) < 4.78 is 26.8. The summed E-state index contributed by atoms with van der Waals surface area (Å²) in [7, 11) is 0. The molecule has 1 heterocycles. The summed E-state index contributed by atoms with van der Waals surface area (Å²) in [5.41, 5.74) is 12.6. The molecular formula is C21H27F2N5O2. The van der Waals surface area contributed by atoms with Crippen LogP contribution in [0.15, 0.2) is 36.5 Å². The van der Waals surface area contributed by atoms with Crippen molar-refractivity contribution in [1.29, 1.82) is 0 Å². The van der Waals surface area contributed by atoms with E-state index in [0.29, 0.717) is 23.4 Å². The topological polar surface area (TPSA) is 123 Å². The Bertz CT molecular complexity index is 876. The first kappa shape index (κ1) is 23.2. The van der Waals surface area contributed by atoms with E-state index >= 15 is 0 Å². The molecule has 162 valence electrons. The van der Waals surface area contributed by atoms with E-state index in [1.54, 1.807) is 12.1 Å². The number of nitrogens with zero attached hydrogens (tertiary/aromatic N) is 1. The Balaban J connectivity index is 2.13. The van der Waals surface area contributed by atoms with Gasteiger partial charge in [0.2, 0.25) is 11.8 Å². The number of carbonyl (C=O) groups is 2. The summed E-state index contributed by atoms with van der Waals surface area (Å²) in [4.78, 5) is 29.2. The number of anilines is 1. The minimum atomic E-state index is -1.03. The lowest BCUT2D eigenvalue weighted by atomic mass is 9.98. The molecule has 0 aliphatic rings. The van der Waals surface area contributed by atoms with E-state index < -0.39 is 35.5 Å². The smallest absolute Gasteiger partial charge is 0.243 e. The van der Waals surface area contributed by atoms with Gasteiger partial charge in [-0.25, -0.2) is 13.8 Å². The zero-order chi connectivity index (χ0) is 22.3. The van der Waals surface area contributed by atoms with Crippen molar-refractivity contribution in [1.82, 2.24) is 15.6 Å². The molecule has 6 N–H and O–H groups in total. The molecule has 0 aliphatic carbocycles. The second kappa shape index (κ2) is 10.6. The second-order valence-corrected chi connectivity index (χ2v) is 7.23. The average Bonchev–Trinajstić information content (AvgIpc) is 2.73. The number of hydrogen-bond acceptors (Lipinski definition) is 5. The molecule has 2 aromatic rings. The second-order valence-electron chi connectivity index (χ2n) is 7.23. The monoisotopic (exact) mass is 419 g/mol. The largest absolute Gasteiger partial charge is 0.384 e. The summed E-state index contributed by atoms with van der Waals surface area (Å²) in [6.45, 7) is 3.90. The fourth-order valence-electron chi connectivity index (χ4n) is 2.74. The van der Waals surface area contributed by atoms with Gasteiger partial charge < -0.3 is 22.1 Å². The maximum absolute atomic E-state index is 13.6. The number of nitrogen functional groups attached to an aromatic ring is 1. The Morgan fingerprint density at radius 1 is 1.10 bits per heavy atom. The lowest BCUT2D eigenvalue weighted by molar-refractivity contribution is -0.130. The minimum Gasteiger partial charge on any atom is -0.384 e. The van der Waals surface area contributed by atoms with E-state index in [-0.39, 0.29) is 18.9 Å². The number of hydrogen-bond donors (Lipinski definition) is 4. The predicted octanol–water partition coefficient (Wildman–Crippen LogP) is 1.66. The molecule has 0 fully saturated rings. The predicted molar refractivity (Wildman–Crippen MR) is 110 cm³/mol. The van der Waals surface area contributed by atoms with Gasteiger partial charge >= 0.3 is 0 Å². The van der Waals surface area contributed by atoms with Crippen molar-refractivity contribution >= 4 is 17.6 Å². The van der Waals surface area contributed by atoms with E-state index in [0.717, 1.165) is 12.1 Å². The first-order valence-corrected chi connectivity index (χ1v) is 9.69. The van der Waals surface area contributed by atoms with Crippen LogP contribution in [0.2, 0.25) is 0 Å². The maximum Gasteiger partial charge on any atom is 0.243 e. The summed E-state index contributed by atoms with van der Waals surface area (Å²) in [6.07, 6.45) is 2.19. The van der Waals surface area contributed by atoms with Gasteiger partial charge in [0.1, 0.15) is 11.9 Å². The zero-order valence-corrected chi connectivity index (χ0v) is 17.0. The number of amides is 2. The highest BCUT2D eigenvalue weighted by Crippen LogP contribution is 2.12. The molecule has 0 radical (unpaired) electrons. The third-order valence-corrected chi connectivity index (χ3v) is 4.93. The van der Waals surface area contributed by atoms with Crippen molar-refractivity contribution in [2.24, 2.45) is 11.7 Å². The van der Waals surface area contributed by atoms with E-state index in [9.17, 15) is 18.4 Å². The SMILES string of the molecule is CCC(C)[C@H](N)C(=O)N[C@@H](Cc1ccc(F)c(F)c1)C(=O)NCc1ccc(N)nc1. The molecule has 0 spiro atoms. The number of aromatic nitrogens is 1. The van der Waals surface area contributed by atoms with Crippen molar-refractivity contribution in [2.45, 2.75) is 45.3 Å².